The number of hydrogen-bond acceptors (Lipinski definition) is 1. The molecule has 14 heavy (non-hydrogen) atoms. The third kappa shape index (κ3) is 2.21. The maximum absolute atomic E-state index is 11.6. The zero-order chi connectivity index (χ0) is 9.97. The maximum Gasteiger partial charge on any atom is 0.146 e. The van der Waals surface area contributed by atoms with E-state index in [0.29, 0.717) is 17.0 Å². The zero-order valence-electron chi connectivity index (χ0n) is 8.68. The van der Waals surface area contributed by atoms with Gasteiger partial charge in [0.25, 0.3) is 0 Å². The lowest BCUT2D eigenvalue weighted by molar-refractivity contribution is -0.122. The van der Waals surface area contributed by atoms with Crippen molar-refractivity contribution in [3.63, 3.8) is 0 Å². The number of fused-ring (bicyclic) bond motifs is 1. The van der Waals surface area contributed by atoms with Crippen molar-refractivity contribution in [1.29, 1.82) is 0 Å². The van der Waals surface area contributed by atoms with Gasteiger partial charge in [0.2, 0.25) is 0 Å². The summed E-state index contributed by atoms with van der Waals surface area (Å²) in [5, 5.41) is 0.565. The first-order valence-corrected chi connectivity index (χ1v) is 7.02. The normalized spacial score (nSPS) is 37.6. The number of carbonyl (C=O) groups excluding carboxylic acids is 1. The van der Waals surface area contributed by atoms with Crippen molar-refractivity contribution >= 4 is 21.7 Å². The van der Waals surface area contributed by atoms with Crippen LogP contribution in [0.15, 0.2) is 0 Å². The van der Waals surface area contributed by atoms with Gasteiger partial charge in [0.1, 0.15) is 5.78 Å². The minimum atomic E-state index is 0.383. The smallest absolute Gasteiger partial charge is 0.146 e. The number of alkyl halides is 1. The van der Waals surface area contributed by atoms with Gasteiger partial charge >= 0.3 is 0 Å². The second kappa shape index (κ2) is 4.78. The van der Waals surface area contributed by atoms with E-state index in [9.17, 15) is 4.79 Å². The maximum atomic E-state index is 11.6. The molecule has 0 aromatic heterocycles. The summed E-state index contributed by atoms with van der Waals surface area (Å²) in [4.78, 5) is 11.6. The summed E-state index contributed by atoms with van der Waals surface area (Å²) in [6.07, 6.45) is 9.31. The summed E-state index contributed by atoms with van der Waals surface area (Å²) in [6, 6.07) is 0. The zero-order valence-corrected chi connectivity index (χ0v) is 10.3. The molecule has 2 aliphatic carbocycles. The third-order valence-corrected chi connectivity index (χ3v) is 4.68. The molecule has 3 unspecified atom stereocenters. The predicted molar refractivity (Wildman–Crippen MR) is 61.6 cm³/mol. The summed E-state index contributed by atoms with van der Waals surface area (Å²) in [5.41, 5.74) is 0. The van der Waals surface area contributed by atoms with Gasteiger partial charge in [-0.2, -0.15) is 0 Å². The summed E-state index contributed by atoms with van der Waals surface area (Å²) >= 11 is 3.29. The molecular weight excluding hydrogens is 240 g/mol. The number of ketones is 1. The number of Topliss-reactive ketones (excluding diaryl/α,β-unsaturated/α-hetero) is 1. The minimum absolute atomic E-state index is 0.383. The molecule has 2 heteroatoms. The van der Waals surface area contributed by atoms with E-state index in [2.05, 4.69) is 15.9 Å². The summed E-state index contributed by atoms with van der Waals surface area (Å²) in [5.74, 6) is 2.66. The second-order valence-electron chi connectivity index (χ2n) is 4.91. The van der Waals surface area contributed by atoms with Crippen LogP contribution < -0.4 is 0 Å². The Morgan fingerprint density at radius 2 is 1.79 bits per heavy atom. The van der Waals surface area contributed by atoms with Crippen LogP contribution in [0.25, 0.3) is 0 Å². The Morgan fingerprint density at radius 1 is 1.07 bits per heavy atom. The van der Waals surface area contributed by atoms with E-state index < -0.39 is 0 Å². The monoisotopic (exact) mass is 258 g/mol. The molecule has 0 aliphatic heterocycles. The van der Waals surface area contributed by atoms with Crippen LogP contribution in [0.4, 0.5) is 0 Å². The largest absolute Gasteiger partial charge is 0.298 e. The standard InChI is InChI=1S/C12H19BrO/c13-8-12(14)11-6-5-9-3-1-2-4-10(9)7-11/h9-11H,1-8H2. The molecule has 0 saturated heterocycles. The molecule has 0 aromatic carbocycles. The Balaban J connectivity index is 1.92. The lowest BCUT2D eigenvalue weighted by Gasteiger charge is -2.38. The van der Waals surface area contributed by atoms with E-state index >= 15 is 0 Å². The highest BCUT2D eigenvalue weighted by molar-refractivity contribution is 9.09. The Morgan fingerprint density at radius 3 is 2.50 bits per heavy atom. The molecule has 2 aliphatic rings. The summed E-state index contributed by atoms with van der Waals surface area (Å²) in [7, 11) is 0. The van der Waals surface area contributed by atoms with Crippen molar-refractivity contribution in [3.05, 3.63) is 0 Å². The van der Waals surface area contributed by atoms with Crippen molar-refractivity contribution in [2.45, 2.75) is 44.9 Å². The molecule has 0 aromatic rings. The molecule has 0 spiro atoms. The third-order valence-electron chi connectivity index (χ3n) is 4.13. The van der Waals surface area contributed by atoms with Crippen LogP contribution in [0.1, 0.15) is 44.9 Å². The molecule has 0 bridgehead atoms. The van der Waals surface area contributed by atoms with Gasteiger partial charge in [0.05, 0.1) is 5.33 Å². The lowest BCUT2D eigenvalue weighted by Crippen LogP contribution is -2.31. The molecule has 2 fully saturated rings. The van der Waals surface area contributed by atoms with E-state index in [-0.39, 0.29) is 0 Å². The Bertz CT molecular complexity index is 214. The first kappa shape index (κ1) is 10.7. The van der Waals surface area contributed by atoms with Gasteiger partial charge in [-0.15, -0.1) is 0 Å². The highest BCUT2D eigenvalue weighted by Gasteiger charge is 2.34. The Hall–Kier alpha value is 0.150. The fraction of sp³-hybridized carbons (Fsp3) is 0.917. The van der Waals surface area contributed by atoms with E-state index in [1.165, 1.54) is 38.5 Å². The predicted octanol–water partition coefficient (Wildman–Crippen LogP) is 3.56. The van der Waals surface area contributed by atoms with E-state index in [1.807, 2.05) is 0 Å². The van der Waals surface area contributed by atoms with E-state index in [0.717, 1.165) is 18.3 Å². The van der Waals surface area contributed by atoms with Crippen molar-refractivity contribution in [3.8, 4) is 0 Å². The number of hydrogen-bond donors (Lipinski definition) is 0. The second-order valence-corrected chi connectivity index (χ2v) is 5.48. The molecule has 0 heterocycles. The quantitative estimate of drug-likeness (QED) is 0.693. The molecule has 0 N–H and O–H groups in total. The van der Waals surface area contributed by atoms with Crippen LogP contribution >= 0.6 is 15.9 Å². The highest BCUT2D eigenvalue weighted by atomic mass is 79.9. The fourth-order valence-electron chi connectivity index (χ4n) is 3.27. The van der Waals surface area contributed by atoms with Gasteiger partial charge in [-0.3, -0.25) is 4.79 Å². The fourth-order valence-corrected chi connectivity index (χ4v) is 3.73. The molecule has 80 valence electrons. The molecule has 0 amide bonds. The highest BCUT2D eigenvalue weighted by Crippen LogP contribution is 2.42. The van der Waals surface area contributed by atoms with Crippen molar-refractivity contribution in [2.24, 2.45) is 17.8 Å². The number of carbonyl (C=O) groups is 1. The average molecular weight is 259 g/mol. The molecule has 1 nitrogen and oxygen atoms in total. The van der Waals surface area contributed by atoms with Crippen molar-refractivity contribution < 1.29 is 4.79 Å². The average Bonchev–Trinajstić information content (AvgIpc) is 2.27. The Labute approximate surface area is 94.8 Å². The summed E-state index contributed by atoms with van der Waals surface area (Å²) < 4.78 is 0. The van der Waals surface area contributed by atoms with Crippen LogP contribution in [0.2, 0.25) is 0 Å². The molecule has 3 atom stereocenters. The minimum Gasteiger partial charge on any atom is -0.298 e. The van der Waals surface area contributed by atoms with E-state index in [1.54, 1.807) is 0 Å². The SMILES string of the molecule is O=C(CBr)C1CCC2CCCCC2C1. The summed E-state index contributed by atoms with van der Waals surface area (Å²) in [6.45, 7) is 0. The van der Waals surface area contributed by atoms with Crippen LogP contribution in [0.5, 0.6) is 0 Å². The van der Waals surface area contributed by atoms with Gasteiger partial charge in [-0.05, 0) is 31.1 Å². The first-order valence-electron chi connectivity index (χ1n) is 5.90. The van der Waals surface area contributed by atoms with Crippen LogP contribution in [-0.2, 0) is 4.79 Å². The molecular formula is C12H19BrO. The molecule has 0 radical (unpaired) electrons. The lowest BCUT2D eigenvalue weighted by atomic mass is 9.67. The van der Waals surface area contributed by atoms with Crippen LogP contribution in [0, 0.1) is 17.8 Å². The first-order chi connectivity index (χ1) is 6.81. The van der Waals surface area contributed by atoms with Gasteiger partial charge in [-0.25, -0.2) is 0 Å². The molecule has 2 rings (SSSR count). The van der Waals surface area contributed by atoms with E-state index in [4.69, 9.17) is 0 Å². The topological polar surface area (TPSA) is 17.1 Å². The van der Waals surface area contributed by atoms with Gasteiger partial charge < -0.3 is 0 Å². The molecule has 2 saturated carbocycles. The number of halogens is 1. The van der Waals surface area contributed by atoms with Gasteiger partial charge in [-0.1, -0.05) is 41.6 Å². The van der Waals surface area contributed by atoms with Gasteiger partial charge in [0, 0.05) is 5.92 Å². The van der Waals surface area contributed by atoms with Crippen LogP contribution in [0.3, 0.4) is 0 Å². The van der Waals surface area contributed by atoms with Crippen LogP contribution in [-0.4, -0.2) is 11.1 Å². The Kier molecular flexibility index (Phi) is 3.64. The van der Waals surface area contributed by atoms with Gasteiger partial charge in [0.15, 0.2) is 0 Å². The van der Waals surface area contributed by atoms with Crippen molar-refractivity contribution in [2.75, 3.05) is 5.33 Å². The van der Waals surface area contributed by atoms with Crippen molar-refractivity contribution in [1.82, 2.24) is 0 Å². The number of rotatable bonds is 2.